The summed E-state index contributed by atoms with van der Waals surface area (Å²) in [5.74, 6) is 0. The Hall–Kier alpha value is -4.82. The summed E-state index contributed by atoms with van der Waals surface area (Å²) < 4.78 is 4.93. The molecular weight excluding hydrogens is 508 g/mol. The predicted molar refractivity (Wildman–Crippen MR) is 171 cm³/mol. The molecule has 4 aromatic carbocycles. The van der Waals surface area contributed by atoms with E-state index in [1.165, 1.54) is 83.6 Å². The van der Waals surface area contributed by atoms with Crippen molar-refractivity contribution in [1.82, 2.24) is 0 Å². The third-order valence-corrected chi connectivity index (χ3v) is 9.91. The Morgan fingerprint density at radius 2 is 1.29 bits per heavy atom. The van der Waals surface area contributed by atoms with E-state index >= 15 is 0 Å². The Kier molecular flexibility index (Phi) is 4.75. The summed E-state index contributed by atoms with van der Waals surface area (Å²) in [7, 11) is 0. The predicted octanol–water partition coefficient (Wildman–Crippen LogP) is 8.30. The van der Waals surface area contributed by atoms with E-state index in [4.69, 9.17) is 0 Å². The molecule has 2 heteroatoms. The van der Waals surface area contributed by atoms with E-state index in [9.17, 15) is 0 Å². The van der Waals surface area contributed by atoms with Crippen LogP contribution in [0.3, 0.4) is 0 Å². The molecule has 2 aromatic heterocycles. The van der Waals surface area contributed by atoms with Crippen molar-refractivity contribution < 1.29 is 9.13 Å². The molecule has 0 saturated carbocycles. The fraction of sp³-hybridized carbons (Fsp3) is 0.150. The quantitative estimate of drug-likeness (QED) is 0.171. The first-order valence-corrected chi connectivity index (χ1v) is 15.0. The first-order chi connectivity index (χ1) is 20.5. The maximum Gasteiger partial charge on any atom is 0.259 e. The first-order valence-electron chi connectivity index (χ1n) is 15.0. The zero-order valence-electron chi connectivity index (χ0n) is 24.3. The number of fused-ring (bicyclic) bond motifs is 12. The van der Waals surface area contributed by atoms with Gasteiger partial charge in [-0.2, -0.15) is 9.13 Å². The molecule has 42 heavy (non-hydrogen) atoms. The van der Waals surface area contributed by atoms with Gasteiger partial charge in [-0.15, -0.1) is 0 Å². The highest BCUT2D eigenvalue weighted by Gasteiger charge is 2.45. The number of pyridine rings is 2. The van der Waals surface area contributed by atoms with Crippen LogP contribution in [-0.4, -0.2) is 0 Å². The van der Waals surface area contributed by atoms with Crippen LogP contribution in [0.5, 0.6) is 0 Å². The third kappa shape index (κ3) is 3.10. The van der Waals surface area contributed by atoms with E-state index in [-0.39, 0.29) is 5.41 Å². The zero-order valence-corrected chi connectivity index (χ0v) is 24.3. The molecule has 0 fully saturated rings. The van der Waals surface area contributed by atoms with Crippen LogP contribution in [0, 0.1) is 6.92 Å². The molecule has 0 N–H and O–H groups in total. The minimum absolute atomic E-state index is 0.117. The average Bonchev–Trinajstić information content (AvgIpc) is 3.26. The molecule has 2 nitrogen and oxygen atoms in total. The van der Waals surface area contributed by atoms with Crippen molar-refractivity contribution in [2.24, 2.45) is 0 Å². The number of hydrogen-bond donors (Lipinski definition) is 0. The zero-order chi connectivity index (χ0) is 28.2. The highest BCUT2D eigenvalue weighted by atomic mass is 15.1. The van der Waals surface area contributed by atoms with Crippen LogP contribution in [0.4, 0.5) is 0 Å². The number of benzene rings is 4. The number of allylic oxidation sites excluding steroid dienone is 2. The van der Waals surface area contributed by atoms with Gasteiger partial charge in [-0.05, 0) is 68.8 Å². The van der Waals surface area contributed by atoms with Crippen molar-refractivity contribution in [3.8, 4) is 33.6 Å². The van der Waals surface area contributed by atoms with Crippen molar-refractivity contribution in [2.75, 3.05) is 0 Å². The second kappa shape index (κ2) is 8.36. The van der Waals surface area contributed by atoms with Crippen molar-refractivity contribution in [2.45, 2.75) is 39.0 Å². The number of aromatic nitrogens is 2. The molecule has 0 saturated heterocycles. The number of aryl methyl sites for hydroxylation is 1. The molecule has 0 radical (unpaired) electrons. The molecule has 0 atom stereocenters. The van der Waals surface area contributed by atoms with Gasteiger partial charge in [-0.3, -0.25) is 0 Å². The van der Waals surface area contributed by atoms with Gasteiger partial charge in [0.2, 0.25) is 11.4 Å². The van der Waals surface area contributed by atoms with Gasteiger partial charge in [0.1, 0.15) is 0 Å². The van der Waals surface area contributed by atoms with E-state index in [0.29, 0.717) is 0 Å². The molecule has 6 aromatic rings. The molecule has 2 aliphatic heterocycles. The van der Waals surface area contributed by atoms with Crippen molar-refractivity contribution in [3.63, 3.8) is 0 Å². The molecule has 0 bridgehead atoms. The third-order valence-electron chi connectivity index (χ3n) is 9.91. The molecule has 1 aliphatic carbocycles. The normalized spacial score (nSPS) is 17.1. The summed E-state index contributed by atoms with van der Waals surface area (Å²) >= 11 is 0. The van der Waals surface area contributed by atoms with Gasteiger partial charge in [0.05, 0.1) is 24.0 Å². The topological polar surface area (TPSA) is 7.76 Å². The highest BCUT2D eigenvalue weighted by Crippen LogP contribution is 2.55. The number of nitrogens with zero attached hydrogens (tertiary/aromatic N) is 2. The Morgan fingerprint density at radius 3 is 2.19 bits per heavy atom. The maximum absolute atomic E-state index is 2.50. The standard InChI is InChI=1S/C40H32N2/c1-25-19-21-42-35(34-23-27-11-5-6-12-29(27)33-14-8-9-20-41(33)34)24-28-16-18-32-31-17-15-26-10-4-7-13-30(26)38(31)40(2,3)39(32)37(28)36(42)22-25/h4-22H,23-24H2,1-3H3/q+2/b35-34+. The summed E-state index contributed by atoms with van der Waals surface area (Å²) in [4.78, 5) is 0. The Bertz CT molecular complexity index is 2180. The van der Waals surface area contributed by atoms with Gasteiger partial charge in [-0.1, -0.05) is 80.6 Å². The van der Waals surface area contributed by atoms with Crippen molar-refractivity contribution in [3.05, 3.63) is 143 Å². The van der Waals surface area contributed by atoms with Gasteiger partial charge in [0.25, 0.3) is 11.4 Å². The van der Waals surface area contributed by atoms with Gasteiger partial charge in [-0.25, -0.2) is 0 Å². The molecule has 9 rings (SSSR count). The SMILES string of the molecule is Cc1cc[n+]2c(c1)-c1c(ccc3c1C(C)(C)c1c-3ccc3ccccc13)C/C2=C1/Cc2ccccc2-c2cccc[n+]21. The number of rotatable bonds is 0. The Balaban J connectivity index is 1.32. The van der Waals surface area contributed by atoms with E-state index in [0.717, 1.165) is 12.8 Å². The van der Waals surface area contributed by atoms with Crippen LogP contribution in [0.25, 0.3) is 55.8 Å². The van der Waals surface area contributed by atoms with Crippen LogP contribution in [0.2, 0.25) is 0 Å². The fourth-order valence-corrected chi connectivity index (χ4v) is 8.12. The lowest BCUT2D eigenvalue weighted by atomic mass is 9.75. The van der Waals surface area contributed by atoms with Gasteiger partial charge < -0.3 is 0 Å². The van der Waals surface area contributed by atoms with Crippen molar-refractivity contribution in [1.29, 1.82) is 0 Å². The molecule has 3 aliphatic rings. The van der Waals surface area contributed by atoms with Gasteiger partial charge >= 0.3 is 0 Å². The Labute approximate surface area is 246 Å². The minimum atomic E-state index is -0.117. The summed E-state index contributed by atoms with van der Waals surface area (Å²) in [6, 6.07) is 38.5. The van der Waals surface area contributed by atoms with Crippen LogP contribution in [0.15, 0.2) is 116 Å². The molecule has 200 valence electrons. The second-order valence-electron chi connectivity index (χ2n) is 12.7. The minimum Gasteiger partial charge on any atom is -0.158 e. The lowest BCUT2D eigenvalue weighted by molar-refractivity contribution is -0.602. The fourth-order valence-electron chi connectivity index (χ4n) is 8.12. The summed E-state index contributed by atoms with van der Waals surface area (Å²) in [5, 5.41) is 2.69. The molecule has 0 unspecified atom stereocenters. The number of hydrogen-bond acceptors (Lipinski definition) is 0. The van der Waals surface area contributed by atoms with Crippen LogP contribution in [0.1, 0.15) is 41.7 Å². The van der Waals surface area contributed by atoms with Crippen LogP contribution >= 0.6 is 0 Å². The summed E-state index contributed by atoms with van der Waals surface area (Å²) in [6.07, 6.45) is 6.36. The molecule has 4 heterocycles. The van der Waals surface area contributed by atoms with E-state index in [1.807, 2.05) is 0 Å². The Morgan fingerprint density at radius 1 is 0.571 bits per heavy atom. The lowest BCUT2D eigenvalue weighted by Crippen LogP contribution is -2.47. The van der Waals surface area contributed by atoms with E-state index in [1.54, 1.807) is 0 Å². The molecule has 0 spiro atoms. The maximum atomic E-state index is 2.50. The molecular formula is C40H32N2+2. The molecule has 0 amide bonds. The van der Waals surface area contributed by atoms with Crippen LogP contribution in [-0.2, 0) is 18.3 Å². The monoisotopic (exact) mass is 540 g/mol. The summed E-state index contributed by atoms with van der Waals surface area (Å²) in [5.41, 5.74) is 17.7. The summed E-state index contributed by atoms with van der Waals surface area (Å²) in [6.45, 7) is 7.09. The second-order valence-corrected chi connectivity index (χ2v) is 12.7. The van der Waals surface area contributed by atoms with Gasteiger partial charge in [0, 0.05) is 29.7 Å². The first kappa shape index (κ1) is 23.8. The largest absolute Gasteiger partial charge is 0.259 e. The van der Waals surface area contributed by atoms with E-state index < -0.39 is 0 Å². The van der Waals surface area contributed by atoms with Gasteiger partial charge in [0.15, 0.2) is 12.4 Å². The van der Waals surface area contributed by atoms with Crippen molar-refractivity contribution >= 4 is 22.2 Å². The average molecular weight is 541 g/mol. The van der Waals surface area contributed by atoms with Crippen LogP contribution < -0.4 is 9.13 Å². The smallest absolute Gasteiger partial charge is 0.158 e. The highest BCUT2D eigenvalue weighted by molar-refractivity contribution is 6.00. The lowest BCUT2D eigenvalue weighted by Gasteiger charge is -2.28. The van der Waals surface area contributed by atoms with E-state index in [2.05, 4.69) is 145 Å².